The molecule has 2 unspecified atom stereocenters. The first-order valence-corrected chi connectivity index (χ1v) is 10.4. The van der Waals surface area contributed by atoms with Gasteiger partial charge in [0.25, 0.3) is 0 Å². The molecule has 0 bridgehead atoms. The van der Waals surface area contributed by atoms with Crippen molar-refractivity contribution in [1.29, 1.82) is 0 Å². The fourth-order valence-electron chi connectivity index (χ4n) is 2.68. The Balaban J connectivity index is 1.98. The van der Waals surface area contributed by atoms with Gasteiger partial charge in [0, 0.05) is 9.59 Å². The zero-order chi connectivity index (χ0) is 22.4. The van der Waals surface area contributed by atoms with Crippen LogP contribution in [0.2, 0.25) is 5.02 Å². The number of rotatable bonds is 10. The lowest BCUT2D eigenvalue weighted by atomic mass is 9.94. The molecule has 2 atom stereocenters. The van der Waals surface area contributed by atoms with Crippen LogP contribution in [0.15, 0.2) is 42.5 Å². The SMILES string of the molecule is NC(CO)(CCCc1ccc(Oc2cccc(C(F)(F)F)c2)cc1Cl)CO[P+](=O)O. The summed E-state index contributed by atoms with van der Waals surface area (Å²) in [6, 6.07) is 9.29. The van der Waals surface area contributed by atoms with Crippen LogP contribution in [-0.4, -0.2) is 28.8 Å². The van der Waals surface area contributed by atoms with Crippen molar-refractivity contribution in [1.82, 2.24) is 0 Å². The van der Waals surface area contributed by atoms with Gasteiger partial charge in [0.1, 0.15) is 18.1 Å². The number of ether oxygens (including phenoxy) is 1. The van der Waals surface area contributed by atoms with Gasteiger partial charge in [-0.25, -0.2) is 0 Å². The van der Waals surface area contributed by atoms with Crippen molar-refractivity contribution in [3.8, 4) is 11.5 Å². The average Bonchev–Trinajstić information content (AvgIpc) is 2.68. The number of alkyl halides is 3. The van der Waals surface area contributed by atoms with Crippen molar-refractivity contribution < 1.29 is 37.0 Å². The predicted molar refractivity (Wildman–Crippen MR) is 106 cm³/mol. The number of nitrogens with two attached hydrogens (primary N) is 1. The summed E-state index contributed by atoms with van der Waals surface area (Å²) in [4.78, 5) is 8.70. The number of hydrogen-bond acceptors (Lipinski definition) is 5. The minimum Gasteiger partial charge on any atom is -0.457 e. The topological polar surface area (TPSA) is 102 Å². The standard InChI is InChI=1S/C19H20ClF3NO5P/c20-17-10-16(29-15-5-1-4-14(9-15)19(21,22)23)7-6-13(17)3-2-8-18(24,11-25)12-28-30(26)27/h1,4-7,9-10,25H,2-3,8,11-12,24H2/p+1. The molecule has 6 nitrogen and oxygen atoms in total. The highest BCUT2D eigenvalue weighted by atomic mass is 35.5. The van der Waals surface area contributed by atoms with E-state index in [0.29, 0.717) is 24.3 Å². The molecule has 2 rings (SSSR count). The van der Waals surface area contributed by atoms with E-state index in [0.717, 1.165) is 17.7 Å². The minimum atomic E-state index is -4.47. The second kappa shape index (κ2) is 10.5. The van der Waals surface area contributed by atoms with E-state index in [1.165, 1.54) is 18.2 Å². The summed E-state index contributed by atoms with van der Waals surface area (Å²) in [5, 5.41) is 9.76. The van der Waals surface area contributed by atoms with Crippen molar-refractivity contribution >= 4 is 19.9 Å². The molecule has 0 radical (unpaired) electrons. The summed E-state index contributed by atoms with van der Waals surface area (Å²) in [6.45, 7) is -0.694. The first kappa shape index (κ1) is 24.5. The van der Waals surface area contributed by atoms with Crippen LogP contribution >= 0.6 is 19.9 Å². The Morgan fingerprint density at radius 1 is 1.13 bits per heavy atom. The molecule has 0 aliphatic heterocycles. The van der Waals surface area contributed by atoms with Gasteiger partial charge in [-0.3, -0.25) is 0 Å². The number of hydrogen-bond donors (Lipinski definition) is 3. The maximum absolute atomic E-state index is 12.8. The maximum Gasteiger partial charge on any atom is 0.694 e. The van der Waals surface area contributed by atoms with Gasteiger partial charge in [0.15, 0.2) is 0 Å². The van der Waals surface area contributed by atoms with Crippen LogP contribution < -0.4 is 10.5 Å². The van der Waals surface area contributed by atoms with Crippen molar-refractivity contribution in [2.24, 2.45) is 5.73 Å². The van der Waals surface area contributed by atoms with Crippen molar-refractivity contribution in [3.63, 3.8) is 0 Å². The van der Waals surface area contributed by atoms with E-state index in [-0.39, 0.29) is 18.1 Å². The van der Waals surface area contributed by atoms with Gasteiger partial charge in [-0.05, 0) is 55.2 Å². The molecule has 4 N–H and O–H groups in total. The van der Waals surface area contributed by atoms with Gasteiger partial charge in [-0.15, -0.1) is 9.42 Å². The van der Waals surface area contributed by atoms with E-state index in [2.05, 4.69) is 4.52 Å². The van der Waals surface area contributed by atoms with Crippen LogP contribution in [0, 0.1) is 0 Å². The quantitative estimate of drug-likeness (QED) is 0.433. The lowest BCUT2D eigenvalue weighted by Crippen LogP contribution is -2.47. The number of aliphatic hydroxyl groups is 1. The molecule has 0 heterocycles. The van der Waals surface area contributed by atoms with Crippen LogP contribution in [0.5, 0.6) is 11.5 Å². The first-order valence-electron chi connectivity index (χ1n) is 8.85. The molecule has 164 valence electrons. The first-order chi connectivity index (χ1) is 14.0. The molecule has 0 aliphatic rings. The highest BCUT2D eigenvalue weighted by Crippen LogP contribution is 2.33. The van der Waals surface area contributed by atoms with E-state index in [4.69, 9.17) is 27.0 Å². The van der Waals surface area contributed by atoms with Crippen LogP contribution in [0.4, 0.5) is 13.2 Å². The van der Waals surface area contributed by atoms with Crippen LogP contribution in [-0.2, 0) is 21.7 Å². The molecule has 11 heteroatoms. The van der Waals surface area contributed by atoms with Gasteiger partial charge in [-0.1, -0.05) is 23.7 Å². The second-order valence-electron chi connectivity index (χ2n) is 6.77. The summed E-state index contributed by atoms with van der Waals surface area (Å²) < 4.78 is 59.1. The van der Waals surface area contributed by atoms with E-state index in [1.807, 2.05) is 0 Å². The highest BCUT2D eigenvalue weighted by Gasteiger charge is 2.31. The zero-order valence-corrected chi connectivity index (χ0v) is 17.4. The molecule has 2 aromatic carbocycles. The Bertz CT molecular complexity index is 883. The third-order valence-corrected chi connectivity index (χ3v) is 5.02. The minimum absolute atomic E-state index is 0.0340. The summed E-state index contributed by atoms with van der Waals surface area (Å²) in [5.41, 5.74) is 4.73. The second-order valence-corrected chi connectivity index (χ2v) is 7.91. The molecule has 0 saturated heterocycles. The molecule has 0 aliphatic carbocycles. The number of aryl methyl sites for hydroxylation is 1. The van der Waals surface area contributed by atoms with Gasteiger partial charge in [0.05, 0.1) is 17.7 Å². The summed E-state index contributed by atoms with van der Waals surface area (Å²) in [7, 11) is -2.81. The average molecular weight is 467 g/mol. The Hall–Kier alpha value is -1.74. The van der Waals surface area contributed by atoms with Crippen LogP contribution in [0.1, 0.15) is 24.0 Å². The van der Waals surface area contributed by atoms with E-state index in [9.17, 15) is 22.8 Å². The molecule has 2 aromatic rings. The number of benzene rings is 2. The molecule has 0 fully saturated rings. The molecule has 0 spiro atoms. The van der Waals surface area contributed by atoms with Gasteiger partial charge in [0.2, 0.25) is 0 Å². The maximum atomic E-state index is 12.8. The Labute approximate surface area is 177 Å². The molecule has 30 heavy (non-hydrogen) atoms. The van der Waals surface area contributed by atoms with Crippen LogP contribution in [0.25, 0.3) is 0 Å². The largest absolute Gasteiger partial charge is 0.694 e. The zero-order valence-electron chi connectivity index (χ0n) is 15.7. The fourth-order valence-corrected chi connectivity index (χ4v) is 3.31. The third-order valence-electron chi connectivity index (χ3n) is 4.32. The van der Waals surface area contributed by atoms with Gasteiger partial charge in [-0.2, -0.15) is 13.2 Å². The molecular weight excluding hydrogens is 446 g/mol. The molecular formula is C19H21ClF3NO5P+. The summed E-state index contributed by atoms with van der Waals surface area (Å²) >= 11 is 6.25. The molecule has 0 aromatic heterocycles. The van der Waals surface area contributed by atoms with E-state index in [1.54, 1.807) is 12.1 Å². The van der Waals surface area contributed by atoms with Gasteiger partial charge >= 0.3 is 14.4 Å². The monoisotopic (exact) mass is 466 g/mol. The Morgan fingerprint density at radius 3 is 2.43 bits per heavy atom. The van der Waals surface area contributed by atoms with E-state index < -0.39 is 32.1 Å². The summed E-state index contributed by atoms with van der Waals surface area (Å²) in [5.74, 6) is 0.318. The molecule has 0 amide bonds. The van der Waals surface area contributed by atoms with Crippen molar-refractivity contribution in [2.75, 3.05) is 13.2 Å². The fraction of sp³-hybridized carbons (Fsp3) is 0.368. The lowest BCUT2D eigenvalue weighted by molar-refractivity contribution is -0.137. The lowest BCUT2D eigenvalue weighted by Gasteiger charge is -2.24. The number of halogens is 4. The van der Waals surface area contributed by atoms with Crippen molar-refractivity contribution in [2.45, 2.75) is 31.0 Å². The smallest absolute Gasteiger partial charge is 0.457 e. The van der Waals surface area contributed by atoms with Gasteiger partial charge < -0.3 is 15.6 Å². The Morgan fingerprint density at radius 2 is 1.83 bits per heavy atom. The molecule has 0 saturated carbocycles. The predicted octanol–water partition coefficient (Wildman–Crippen LogP) is 4.83. The van der Waals surface area contributed by atoms with E-state index >= 15 is 0 Å². The number of aliphatic hydroxyl groups excluding tert-OH is 1. The van der Waals surface area contributed by atoms with Crippen LogP contribution in [0.3, 0.4) is 0 Å². The summed E-state index contributed by atoms with van der Waals surface area (Å²) in [6.07, 6.45) is -3.15. The highest BCUT2D eigenvalue weighted by molar-refractivity contribution is 7.32. The normalized spacial score (nSPS) is 14.3. The van der Waals surface area contributed by atoms with Crippen molar-refractivity contribution in [3.05, 3.63) is 58.6 Å². The Kier molecular flexibility index (Phi) is 8.61. The third kappa shape index (κ3) is 7.50.